The van der Waals surface area contributed by atoms with E-state index in [1.54, 1.807) is 0 Å². The Morgan fingerprint density at radius 3 is 2.53 bits per heavy atom. The molecule has 0 aromatic rings. The molecule has 0 radical (unpaired) electrons. The molecular formula is C13H25NO4S. The highest BCUT2D eigenvalue weighted by Crippen LogP contribution is 2.49. The van der Waals surface area contributed by atoms with Crippen molar-refractivity contribution in [2.75, 3.05) is 24.7 Å². The van der Waals surface area contributed by atoms with E-state index in [1.807, 2.05) is 13.8 Å². The van der Waals surface area contributed by atoms with Crippen LogP contribution in [0, 0.1) is 5.41 Å². The van der Waals surface area contributed by atoms with Crippen molar-refractivity contribution in [3.63, 3.8) is 0 Å². The van der Waals surface area contributed by atoms with Crippen LogP contribution in [0.25, 0.3) is 0 Å². The minimum atomic E-state index is -3.08. The molecule has 19 heavy (non-hydrogen) atoms. The fourth-order valence-corrected chi connectivity index (χ4v) is 5.76. The SMILES string of the molecule is CCC1(C)CC(O)(C2(CN)CCS(=O)(=O)C2)CCO1. The van der Waals surface area contributed by atoms with Crippen molar-refractivity contribution in [1.82, 2.24) is 0 Å². The zero-order valence-corrected chi connectivity index (χ0v) is 12.6. The van der Waals surface area contributed by atoms with Gasteiger partial charge in [0.15, 0.2) is 9.84 Å². The van der Waals surface area contributed by atoms with Crippen molar-refractivity contribution in [1.29, 1.82) is 0 Å². The highest BCUT2D eigenvalue weighted by Gasteiger charge is 2.58. The zero-order valence-electron chi connectivity index (χ0n) is 11.8. The Labute approximate surface area is 115 Å². The van der Waals surface area contributed by atoms with Gasteiger partial charge >= 0.3 is 0 Å². The molecule has 2 heterocycles. The quantitative estimate of drug-likeness (QED) is 0.788. The smallest absolute Gasteiger partial charge is 0.151 e. The fraction of sp³-hybridized carbons (Fsp3) is 1.00. The number of hydrogen-bond donors (Lipinski definition) is 2. The molecule has 2 fully saturated rings. The number of aliphatic hydroxyl groups is 1. The van der Waals surface area contributed by atoms with Gasteiger partial charge < -0.3 is 15.6 Å². The maximum atomic E-state index is 11.8. The molecule has 0 amide bonds. The van der Waals surface area contributed by atoms with Gasteiger partial charge in [0.05, 0.1) is 29.3 Å². The van der Waals surface area contributed by atoms with Gasteiger partial charge in [-0.1, -0.05) is 6.92 Å². The molecule has 6 heteroatoms. The minimum Gasteiger partial charge on any atom is -0.389 e. The number of ether oxygens (including phenoxy) is 1. The summed E-state index contributed by atoms with van der Waals surface area (Å²) in [6.45, 7) is 4.67. The van der Waals surface area contributed by atoms with Gasteiger partial charge in [-0.05, 0) is 19.8 Å². The van der Waals surface area contributed by atoms with Crippen LogP contribution in [0.5, 0.6) is 0 Å². The van der Waals surface area contributed by atoms with Gasteiger partial charge in [-0.3, -0.25) is 0 Å². The molecule has 2 saturated heterocycles. The van der Waals surface area contributed by atoms with Crippen LogP contribution in [0.15, 0.2) is 0 Å². The Kier molecular flexibility index (Phi) is 3.75. The first-order valence-corrected chi connectivity index (χ1v) is 8.79. The normalized spacial score (nSPS) is 46.3. The van der Waals surface area contributed by atoms with Gasteiger partial charge in [0.25, 0.3) is 0 Å². The van der Waals surface area contributed by atoms with Crippen LogP contribution in [0.2, 0.25) is 0 Å². The second-order valence-electron chi connectivity index (χ2n) is 6.44. The molecule has 3 unspecified atom stereocenters. The first-order valence-electron chi connectivity index (χ1n) is 6.97. The van der Waals surface area contributed by atoms with Crippen molar-refractivity contribution >= 4 is 9.84 Å². The van der Waals surface area contributed by atoms with Crippen molar-refractivity contribution < 1.29 is 18.3 Å². The standard InChI is InChI=1S/C13H25NO4S/c1-3-11(2)8-13(15,4-6-18-11)12(9-14)5-7-19(16,17)10-12/h15H,3-10,14H2,1-2H3. The van der Waals surface area contributed by atoms with E-state index < -0.39 is 20.9 Å². The van der Waals surface area contributed by atoms with E-state index in [0.717, 1.165) is 6.42 Å². The summed E-state index contributed by atoms with van der Waals surface area (Å²) in [5.74, 6) is 0.142. The lowest BCUT2D eigenvalue weighted by Crippen LogP contribution is -2.60. The highest BCUT2D eigenvalue weighted by atomic mass is 32.2. The van der Waals surface area contributed by atoms with Crippen LogP contribution in [0.3, 0.4) is 0 Å². The number of hydrogen-bond acceptors (Lipinski definition) is 5. The van der Waals surface area contributed by atoms with Crippen LogP contribution in [0.1, 0.15) is 39.5 Å². The van der Waals surface area contributed by atoms with E-state index in [0.29, 0.717) is 25.9 Å². The average Bonchev–Trinajstić information content (AvgIpc) is 2.67. The molecule has 0 saturated carbocycles. The van der Waals surface area contributed by atoms with Gasteiger partial charge in [0.1, 0.15) is 0 Å². The lowest BCUT2D eigenvalue weighted by atomic mass is 9.64. The molecule has 5 nitrogen and oxygen atoms in total. The third-order valence-electron chi connectivity index (χ3n) is 5.15. The van der Waals surface area contributed by atoms with Gasteiger partial charge in [-0.2, -0.15) is 0 Å². The Hall–Kier alpha value is -0.170. The average molecular weight is 291 g/mol. The van der Waals surface area contributed by atoms with Crippen molar-refractivity contribution in [3.05, 3.63) is 0 Å². The van der Waals surface area contributed by atoms with Crippen LogP contribution in [0.4, 0.5) is 0 Å². The molecule has 0 aromatic heterocycles. The fourth-order valence-electron chi connectivity index (χ4n) is 3.54. The third kappa shape index (κ3) is 2.55. The summed E-state index contributed by atoms with van der Waals surface area (Å²) in [5, 5.41) is 11.1. The Morgan fingerprint density at radius 1 is 1.37 bits per heavy atom. The largest absolute Gasteiger partial charge is 0.389 e. The van der Waals surface area contributed by atoms with E-state index >= 15 is 0 Å². The van der Waals surface area contributed by atoms with Crippen molar-refractivity contribution in [2.45, 2.75) is 50.7 Å². The number of sulfone groups is 1. The molecule has 3 N–H and O–H groups in total. The lowest BCUT2D eigenvalue weighted by Gasteiger charge is -2.51. The van der Waals surface area contributed by atoms with E-state index in [4.69, 9.17) is 10.5 Å². The predicted octanol–water partition coefficient (Wildman–Crippen LogP) is 0.460. The first-order chi connectivity index (χ1) is 8.70. The number of nitrogens with two attached hydrogens (primary N) is 1. The second-order valence-corrected chi connectivity index (χ2v) is 8.62. The summed E-state index contributed by atoms with van der Waals surface area (Å²) in [7, 11) is -3.08. The maximum absolute atomic E-state index is 11.8. The van der Waals surface area contributed by atoms with Gasteiger partial charge in [0.2, 0.25) is 0 Å². The molecule has 3 atom stereocenters. The topological polar surface area (TPSA) is 89.6 Å². The summed E-state index contributed by atoms with van der Waals surface area (Å²) in [5.41, 5.74) is 3.75. The molecule has 0 spiro atoms. The van der Waals surface area contributed by atoms with Crippen LogP contribution in [-0.2, 0) is 14.6 Å². The van der Waals surface area contributed by atoms with E-state index in [-0.39, 0.29) is 23.7 Å². The summed E-state index contributed by atoms with van der Waals surface area (Å²) in [6, 6.07) is 0. The Balaban J connectivity index is 2.32. The molecule has 0 aliphatic carbocycles. The van der Waals surface area contributed by atoms with Crippen LogP contribution >= 0.6 is 0 Å². The van der Waals surface area contributed by atoms with Crippen LogP contribution < -0.4 is 5.73 Å². The van der Waals surface area contributed by atoms with Crippen molar-refractivity contribution in [3.8, 4) is 0 Å². The first kappa shape index (κ1) is 15.2. The van der Waals surface area contributed by atoms with Crippen molar-refractivity contribution in [2.24, 2.45) is 11.1 Å². The lowest BCUT2D eigenvalue weighted by molar-refractivity contribution is -0.194. The van der Waals surface area contributed by atoms with Gasteiger partial charge in [-0.15, -0.1) is 0 Å². The van der Waals surface area contributed by atoms with E-state index in [1.165, 1.54) is 0 Å². The van der Waals surface area contributed by atoms with Gasteiger partial charge in [-0.25, -0.2) is 8.42 Å². The highest BCUT2D eigenvalue weighted by molar-refractivity contribution is 7.91. The Morgan fingerprint density at radius 2 is 2.05 bits per heavy atom. The summed E-state index contributed by atoms with van der Waals surface area (Å²) >= 11 is 0. The molecule has 2 aliphatic heterocycles. The molecule has 0 aromatic carbocycles. The molecule has 0 bridgehead atoms. The maximum Gasteiger partial charge on any atom is 0.151 e. The third-order valence-corrected chi connectivity index (χ3v) is 6.96. The zero-order chi connectivity index (χ0) is 14.4. The Bertz CT molecular complexity index is 452. The van der Waals surface area contributed by atoms with Gasteiger partial charge in [0, 0.05) is 24.8 Å². The van der Waals surface area contributed by atoms with Crippen LogP contribution in [-0.4, -0.2) is 49.4 Å². The predicted molar refractivity (Wildman–Crippen MR) is 73.6 cm³/mol. The minimum absolute atomic E-state index is 0.00674. The summed E-state index contributed by atoms with van der Waals surface area (Å²) < 4.78 is 29.4. The molecule has 112 valence electrons. The van der Waals surface area contributed by atoms with E-state index in [9.17, 15) is 13.5 Å². The number of rotatable bonds is 3. The van der Waals surface area contributed by atoms with E-state index in [2.05, 4.69) is 0 Å². The second kappa shape index (κ2) is 4.69. The molecule has 2 aliphatic rings. The monoisotopic (exact) mass is 291 g/mol. The summed E-state index contributed by atoms with van der Waals surface area (Å²) in [4.78, 5) is 0. The molecular weight excluding hydrogens is 266 g/mol. The summed E-state index contributed by atoms with van der Waals surface area (Å²) in [6.07, 6.45) is 2.18. The molecule has 2 rings (SSSR count).